The third-order valence-corrected chi connectivity index (χ3v) is 5.37. The molecule has 164 valence electrons. The lowest BCUT2D eigenvalue weighted by Gasteiger charge is -2.22. The number of fused-ring (bicyclic) bond motifs is 1. The highest BCUT2D eigenvalue weighted by molar-refractivity contribution is 6.01. The Kier molecular flexibility index (Phi) is 6.80. The number of phenolic OH excluding ortho intramolecular Hbond substituents is 1. The molecular formula is C22H27N5O4. The Hall–Kier alpha value is -3.54. The molecule has 9 heteroatoms. The second-order valence-electron chi connectivity index (χ2n) is 8.28. The SMILES string of the molecule is CC(C)C[C@H](NC(=O)c1cc2c(O)cccc2[nH]1)C(=O)N[C@H](C#N)C[C@@H]1CCNC1=O. The van der Waals surface area contributed by atoms with Crippen molar-refractivity contribution < 1.29 is 19.5 Å². The average molecular weight is 425 g/mol. The van der Waals surface area contributed by atoms with Crippen LogP contribution in [0.4, 0.5) is 0 Å². The normalized spacial score (nSPS) is 17.7. The Morgan fingerprint density at radius 1 is 1.32 bits per heavy atom. The zero-order chi connectivity index (χ0) is 22.5. The number of nitriles is 1. The number of nitrogens with zero attached hydrogens (tertiary/aromatic N) is 1. The minimum Gasteiger partial charge on any atom is -0.507 e. The maximum Gasteiger partial charge on any atom is 0.268 e. The number of nitrogens with one attached hydrogen (secondary N) is 4. The van der Waals surface area contributed by atoms with Crippen LogP contribution in [0.2, 0.25) is 0 Å². The van der Waals surface area contributed by atoms with E-state index < -0.39 is 23.9 Å². The van der Waals surface area contributed by atoms with Gasteiger partial charge in [0.05, 0.1) is 6.07 Å². The average Bonchev–Trinajstić information content (AvgIpc) is 3.33. The van der Waals surface area contributed by atoms with Crippen LogP contribution in [0.15, 0.2) is 24.3 Å². The minimum absolute atomic E-state index is 0.0529. The molecule has 1 saturated heterocycles. The van der Waals surface area contributed by atoms with E-state index in [1.165, 1.54) is 12.1 Å². The largest absolute Gasteiger partial charge is 0.507 e. The summed E-state index contributed by atoms with van der Waals surface area (Å²) in [6.45, 7) is 4.43. The number of aromatic amines is 1. The zero-order valence-corrected chi connectivity index (χ0v) is 17.6. The molecule has 31 heavy (non-hydrogen) atoms. The van der Waals surface area contributed by atoms with Crippen LogP contribution in [-0.2, 0) is 9.59 Å². The number of aromatic hydroxyl groups is 1. The maximum atomic E-state index is 12.9. The van der Waals surface area contributed by atoms with Crippen LogP contribution >= 0.6 is 0 Å². The molecule has 5 N–H and O–H groups in total. The molecule has 1 aromatic carbocycles. The van der Waals surface area contributed by atoms with E-state index in [4.69, 9.17) is 0 Å². The first-order chi connectivity index (χ1) is 14.8. The first-order valence-electron chi connectivity index (χ1n) is 10.4. The van der Waals surface area contributed by atoms with Gasteiger partial charge in [-0.25, -0.2) is 0 Å². The molecule has 1 aromatic heterocycles. The number of benzene rings is 1. The standard InChI is InChI=1S/C22H27N5O4/c1-12(2)8-17(21(30)25-14(11-23)9-13-6-7-24-20(13)29)27-22(31)18-10-15-16(26-18)4-3-5-19(15)28/h3-5,10,12-14,17,26,28H,6-9H2,1-2H3,(H,24,29)(H,25,30)(H,27,31)/t13-,14-,17-/m0/s1. The van der Waals surface area contributed by atoms with E-state index in [1.807, 2.05) is 19.9 Å². The van der Waals surface area contributed by atoms with Crippen LogP contribution in [0.1, 0.15) is 43.6 Å². The monoisotopic (exact) mass is 425 g/mol. The van der Waals surface area contributed by atoms with Crippen molar-refractivity contribution in [1.29, 1.82) is 5.26 Å². The van der Waals surface area contributed by atoms with E-state index in [1.54, 1.807) is 12.1 Å². The smallest absolute Gasteiger partial charge is 0.268 e. The quantitative estimate of drug-likeness (QED) is 0.435. The predicted molar refractivity (Wildman–Crippen MR) is 114 cm³/mol. The summed E-state index contributed by atoms with van der Waals surface area (Å²) in [5, 5.41) is 28.0. The van der Waals surface area contributed by atoms with Crippen molar-refractivity contribution in [3.8, 4) is 11.8 Å². The summed E-state index contributed by atoms with van der Waals surface area (Å²) in [5.41, 5.74) is 0.826. The fraction of sp³-hybridized carbons (Fsp3) is 0.455. The van der Waals surface area contributed by atoms with Crippen molar-refractivity contribution in [2.75, 3.05) is 6.54 Å². The lowest BCUT2D eigenvalue weighted by atomic mass is 9.98. The Bertz CT molecular complexity index is 1020. The van der Waals surface area contributed by atoms with E-state index in [9.17, 15) is 24.8 Å². The van der Waals surface area contributed by atoms with E-state index in [0.29, 0.717) is 30.3 Å². The van der Waals surface area contributed by atoms with Gasteiger partial charge in [0.25, 0.3) is 5.91 Å². The summed E-state index contributed by atoms with van der Waals surface area (Å²) >= 11 is 0. The van der Waals surface area contributed by atoms with E-state index in [-0.39, 0.29) is 35.6 Å². The number of carbonyl (C=O) groups excluding carboxylic acids is 3. The van der Waals surface area contributed by atoms with Crippen LogP contribution in [0.25, 0.3) is 10.9 Å². The molecule has 3 amide bonds. The molecule has 0 unspecified atom stereocenters. The molecule has 0 radical (unpaired) electrons. The Labute approximate surface area is 180 Å². The van der Waals surface area contributed by atoms with Gasteiger partial charge in [0.15, 0.2) is 0 Å². The second kappa shape index (κ2) is 9.51. The zero-order valence-electron chi connectivity index (χ0n) is 17.6. The number of carbonyl (C=O) groups is 3. The van der Waals surface area contributed by atoms with Gasteiger partial charge >= 0.3 is 0 Å². The molecule has 3 rings (SSSR count). The lowest BCUT2D eigenvalue weighted by Crippen LogP contribution is -2.50. The van der Waals surface area contributed by atoms with Crippen LogP contribution in [-0.4, -0.2) is 46.4 Å². The fourth-order valence-corrected chi connectivity index (χ4v) is 3.77. The highest BCUT2D eigenvalue weighted by atomic mass is 16.3. The molecule has 0 saturated carbocycles. The van der Waals surface area contributed by atoms with Gasteiger partial charge in [-0.2, -0.15) is 5.26 Å². The highest BCUT2D eigenvalue weighted by Crippen LogP contribution is 2.25. The van der Waals surface area contributed by atoms with Gasteiger partial charge in [0.2, 0.25) is 11.8 Å². The number of H-pyrrole nitrogens is 1. The topological polar surface area (TPSA) is 147 Å². The minimum atomic E-state index is -0.847. The van der Waals surface area contributed by atoms with E-state index in [0.717, 1.165) is 0 Å². The van der Waals surface area contributed by atoms with Crippen LogP contribution in [0.3, 0.4) is 0 Å². The Morgan fingerprint density at radius 3 is 2.71 bits per heavy atom. The number of rotatable bonds is 8. The van der Waals surface area contributed by atoms with Gasteiger partial charge in [-0.3, -0.25) is 14.4 Å². The molecule has 1 aliphatic heterocycles. The van der Waals surface area contributed by atoms with Gasteiger partial charge in [0.1, 0.15) is 23.5 Å². The third kappa shape index (κ3) is 5.34. The molecule has 2 aromatic rings. The fourth-order valence-electron chi connectivity index (χ4n) is 3.77. The summed E-state index contributed by atoms with van der Waals surface area (Å²) < 4.78 is 0. The first kappa shape index (κ1) is 22.2. The van der Waals surface area contributed by atoms with Crippen LogP contribution in [0.5, 0.6) is 5.75 Å². The van der Waals surface area contributed by atoms with Gasteiger partial charge in [-0.05, 0) is 43.4 Å². The molecular weight excluding hydrogens is 398 g/mol. The van der Waals surface area contributed by atoms with Crippen LogP contribution in [0, 0.1) is 23.2 Å². The summed E-state index contributed by atoms with van der Waals surface area (Å²) in [6, 6.07) is 6.83. The van der Waals surface area contributed by atoms with Gasteiger partial charge in [-0.1, -0.05) is 19.9 Å². The van der Waals surface area contributed by atoms with Crippen molar-refractivity contribution in [3.05, 3.63) is 30.0 Å². The summed E-state index contributed by atoms with van der Waals surface area (Å²) in [5.74, 6) is -1.20. The van der Waals surface area contributed by atoms with Crippen molar-refractivity contribution in [3.63, 3.8) is 0 Å². The predicted octanol–water partition coefficient (Wildman–Crippen LogP) is 1.55. The second-order valence-corrected chi connectivity index (χ2v) is 8.28. The molecule has 0 spiro atoms. The van der Waals surface area contributed by atoms with Gasteiger partial charge in [0, 0.05) is 23.4 Å². The lowest BCUT2D eigenvalue weighted by molar-refractivity contribution is -0.125. The van der Waals surface area contributed by atoms with E-state index in [2.05, 4.69) is 20.9 Å². The number of hydrogen-bond acceptors (Lipinski definition) is 5. The molecule has 9 nitrogen and oxygen atoms in total. The molecule has 3 atom stereocenters. The number of aromatic nitrogens is 1. The van der Waals surface area contributed by atoms with E-state index >= 15 is 0 Å². The van der Waals surface area contributed by atoms with Crippen molar-refractivity contribution in [2.45, 2.75) is 45.2 Å². The van der Waals surface area contributed by atoms with Crippen molar-refractivity contribution in [1.82, 2.24) is 20.9 Å². The highest BCUT2D eigenvalue weighted by Gasteiger charge is 2.30. The number of hydrogen-bond donors (Lipinski definition) is 5. The molecule has 0 aliphatic carbocycles. The van der Waals surface area contributed by atoms with Crippen molar-refractivity contribution >= 4 is 28.6 Å². The third-order valence-electron chi connectivity index (χ3n) is 5.37. The number of phenols is 1. The summed E-state index contributed by atoms with van der Waals surface area (Å²) in [4.78, 5) is 40.4. The van der Waals surface area contributed by atoms with Gasteiger partial charge in [-0.15, -0.1) is 0 Å². The summed E-state index contributed by atoms with van der Waals surface area (Å²) in [6.07, 6.45) is 1.25. The van der Waals surface area contributed by atoms with Crippen molar-refractivity contribution in [2.24, 2.45) is 11.8 Å². The Morgan fingerprint density at radius 2 is 2.10 bits per heavy atom. The number of amides is 3. The first-order valence-corrected chi connectivity index (χ1v) is 10.4. The maximum absolute atomic E-state index is 12.9. The molecule has 0 bridgehead atoms. The Balaban J connectivity index is 1.70. The molecule has 1 aliphatic rings. The molecule has 1 fully saturated rings. The van der Waals surface area contributed by atoms with Gasteiger partial charge < -0.3 is 26.0 Å². The summed E-state index contributed by atoms with van der Waals surface area (Å²) in [7, 11) is 0. The van der Waals surface area contributed by atoms with Crippen LogP contribution < -0.4 is 16.0 Å². The molecule has 2 heterocycles.